The highest BCUT2D eigenvalue weighted by atomic mass is 16.2. The Morgan fingerprint density at radius 2 is 2.06 bits per heavy atom. The predicted octanol–water partition coefficient (Wildman–Crippen LogP) is 1.81. The fraction of sp³-hybridized carbons (Fsp3) is 0.500. The number of rotatable bonds is 6. The van der Waals surface area contributed by atoms with Crippen LogP contribution in [-0.2, 0) is 11.3 Å². The average Bonchev–Trinajstić information content (AvgIpc) is 2.31. The lowest BCUT2D eigenvalue weighted by Crippen LogP contribution is -2.35. The molecule has 0 fully saturated rings. The summed E-state index contributed by atoms with van der Waals surface area (Å²) in [5, 5.41) is 2.91. The van der Waals surface area contributed by atoms with E-state index in [1.165, 1.54) is 0 Å². The van der Waals surface area contributed by atoms with Gasteiger partial charge in [0.15, 0.2) is 0 Å². The summed E-state index contributed by atoms with van der Waals surface area (Å²) < 4.78 is 0. The summed E-state index contributed by atoms with van der Waals surface area (Å²) in [6, 6.07) is 7.39. The maximum atomic E-state index is 11.9. The second-order valence-electron chi connectivity index (χ2n) is 4.78. The minimum atomic E-state index is -0.428. The topological polar surface area (TPSA) is 58.4 Å². The van der Waals surface area contributed by atoms with Crippen molar-refractivity contribution in [3.8, 4) is 0 Å². The van der Waals surface area contributed by atoms with E-state index < -0.39 is 6.04 Å². The quantitative estimate of drug-likeness (QED) is 0.808. The molecule has 0 unspecified atom stereocenters. The van der Waals surface area contributed by atoms with Gasteiger partial charge in [0.05, 0.1) is 6.04 Å². The Labute approximate surface area is 109 Å². The number of para-hydroxylation sites is 1. The number of amides is 1. The Morgan fingerprint density at radius 1 is 1.39 bits per heavy atom. The third kappa shape index (κ3) is 4.47. The Hall–Kier alpha value is -1.39. The van der Waals surface area contributed by atoms with Gasteiger partial charge in [-0.15, -0.1) is 0 Å². The van der Waals surface area contributed by atoms with Gasteiger partial charge in [-0.2, -0.15) is 0 Å². The van der Waals surface area contributed by atoms with E-state index >= 15 is 0 Å². The Balaban J connectivity index is 2.74. The monoisotopic (exact) mass is 249 g/mol. The molecule has 1 amide bonds. The summed E-state index contributed by atoms with van der Waals surface area (Å²) in [7, 11) is 4.00. The standard InChI is InChI=1S/C14H23N3O/c1-4-7-12(15)14(18)16-13-9-6-5-8-11(13)10-17(2)3/h5-6,8-9,12H,4,7,10,15H2,1-3H3,(H,16,18)/t12-/m0/s1. The summed E-state index contributed by atoms with van der Waals surface area (Å²) in [6.45, 7) is 2.81. The van der Waals surface area contributed by atoms with Crippen LogP contribution in [0, 0.1) is 0 Å². The van der Waals surface area contributed by atoms with Crippen LogP contribution in [0.5, 0.6) is 0 Å². The minimum absolute atomic E-state index is 0.108. The van der Waals surface area contributed by atoms with Crippen LogP contribution >= 0.6 is 0 Å². The van der Waals surface area contributed by atoms with Crippen LogP contribution < -0.4 is 11.1 Å². The first-order chi connectivity index (χ1) is 8.54. The molecule has 0 aliphatic rings. The van der Waals surface area contributed by atoms with Crippen LogP contribution in [0.4, 0.5) is 5.69 Å². The summed E-state index contributed by atoms with van der Waals surface area (Å²) >= 11 is 0. The fourth-order valence-electron chi connectivity index (χ4n) is 1.79. The molecule has 0 bridgehead atoms. The zero-order valence-corrected chi connectivity index (χ0v) is 11.4. The lowest BCUT2D eigenvalue weighted by atomic mass is 10.1. The van der Waals surface area contributed by atoms with Crippen LogP contribution in [0.2, 0.25) is 0 Å². The molecule has 0 aliphatic carbocycles. The zero-order valence-electron chi connectivity index (χ0n) is 11.4. The van der Waals surface area contributed by atoms with E-state index in [0.29, 0.717) is 6.42 Å². The molecule has 0 heterocycles. The number of carbonyl (C=O) groups excluding carboxylic acids is 1. The van der Waals surface area contributed by atoms with E-state index in [-0.39, 0.29) is 5.91 Å². The maximum absolute atomic E-state index is 11.9. The van der Waals surface area contributed by atoms with Gasteiger partial charge in [0.25, 0.3) is 0 Å². The van der Waals surface area contributed by atoms with Crippen molar-refractivity contribution in [2.24, 2.45) is 5.73 Å². The van der Waals surface area contributed by atoms with Crippen molar-refractivity contribution in [1.82, 2.24) is 4.90 Å². The highest BCUT2D eigenvalue weighted by Gasteiger charge is 2.13. The van der Waals surface area contributed by atoms with E-state index in [2.05, 4.69) is 10.2 Å². The highest BCUT2D eigenvalue weighted by Crippen LogP contribution is 2.16. The van der Waals surface area contributed by atoms with Crippen molar-refractivity contribution in [2.75, 3.05) is 19.4 Å². The molecule has 1 aromatic rings. The molecule has 18 heavy (non-hydrogen) atoms. The molecular weight excluding hydrogens is 226 g/mol. The van der Waals surface area contributed by atoms with Gasteiger partial charge in [-0.25, -0.2) is 0 Å². The van der Waals surface area contributed by atoms with Gasteiger partial charge < -0.3 is 16.0 Å². The van der Waals surface area contributed by atoms with Gasteiger partial charge in [0.1, 0.15) is 0 Å². The first kappa shape index (κ1) is 14.7. The van der Waals surface area contributed by atoms with Gasteiger partial charge in [-0.05, 0) is 32.1 Å². The number of carbonyl (C=O) groups is 1. The number of nitrogens with zero attached hydrogens (tertiary/aromatic N) is 1. The second-order valence-corrected chi connectivity index (χ2v) is 4.78. The molecule has 0 aliphatic heterocycles. The third-order valence-corrected chi connectivity index (χ3v) is 2.70. The highest BCUT2D eigenvalue weighted by molar-refractivity contribution is 5.95. The van der Waals surface area contributed by atoms with Crippen LogP contribution in [0.1, 0.15) is 25.3 Å². The number of nitrogens with one attached hydrogen (secondary N) is 1. The molecular formula is C14H23N3O. The van der Waals surface area contributed by atoms with E-state index in [1.54, 1.807) is 0 Å². The Kier molecular flexibility index (Phi) is 5.82. The fourth-order valence-corrected chi connectivity index (χ4v) is 1.79. The van der Waals surface area contributed by atoms with Crippen molar-refractivity contribution in [3.05, 3.63) is 29.8 Å². The van der Waals surface area contributed by atoms with E-state index in [9.17, 15) is 4.79 Å². The molecule has 4 heteroatoms. The predicted molar refractivity (Wildman–Crippen MR) is 75.3 cm³/mol. The molecule has 0 spiro atoms. The summed E-state index contributed by atoms with van der Waals surface area (Å²) in [6.07, 6.45) is 1.62. The molecule has 0 radical (unpaired) electrons. The number of benzene rings is 1. The summed E-state index contributed by atoms with van der Waals surface area (Å²) in [5.74, 6) is -0.108. The van der Waals surface area contributed by atoms with Gasteiger partial charge in [-0.3, -0.25) is 4.79 Å². The Morgan fingerprint density at radius 3 is 2.67 bits per heavy atom. The van der Waals surface area contributed by atoms with Gasteiger partial charge in [0.2, 0.25) is 5.91 Å². The van der Waals surface area contributed by atoms with Crippen molar-refractivity contribution in [2.45, 2.75) is 32.4 Å². The van der Waals surface area contributed by atoms with Crippen LogP contribution in [0.3, 0.4) is 0 Å². The molecule has 4 nitrogen and oxygen atoms in total. The van der Waals surface area contributed by atoms with Crippen molar-refractivity contribution >= 4 is 11.6 Å². The molecule has 1 atom stereocenters. The second kappa shape index (κ2) is 7.13. The van der Waals surface area contributed by atoms with E-state index in [4.69, 9.17) is 5.73 Å². The molecule has 100 valence electrons. The van der Waals surface area contributed by atoms with E-state index in [1.807, 2.05) is 45.3 Å². The van der Waals surface area contributed by atoms with Crippen LogP contribution in [-0.4, -0.2) is 30.9 Å². The maximum Gasteiger partial charge on any atom is 0.241 e. The first-order valence-corrected chi connectivity index (χ1v) is 6.33. The average molecular weight is 249 g/mol. The van der Waals surface area contributed by atoms with Gasteiger partial charge in [0, 0.05) is 12.2 Å². The minimum Gasteiger partial charge on any atom is -0.324 e. The van der Waals surface area contributed by atoms with Gasteiger partial charge in [-0.1, -0.05) is 31.5 Å². The van der Waals surface area contributed by atoms with Crippen molar-refractivity contribution in [1.29, 1.82) is 0 Å². The van der Waals surface area contributed by atoms with Crippen molar-refractivity contribution < 1.29 is 4.79 Å². The van der Waals surface area contributed by atoms with Crippen LogP contribution in [0.25, 0.3) is 0 Å². The smallest absolute Gasteiger partial charge is 0.241 e. The first-order valence-electron chi connectivity index (χ1n) is 6.33. The summed E-state index contributed by atoms with van der Waals surface area (Å²) in [4.78, 5) is 14.0. The molecule has 1 aromatic carbocycles. The summed E-state index contributed by atoms with van der Waals surface area (Å²) in [5.41, 5.74) is 7.75. The normalized spacial score (nSPS) is 12.5. The molecule has 1 rings (SSSR count). The number of anilines is 1. The number of nitrogens with two attached hydrogens (primary N) is 1. The zero-order chi connectivity index (χ0) is 13.5. The van der Waals surface area contributed by atoms with E-state index in [0.717, 1.165) is 24.2 Å². The van der Waals surface area contributed by atoms with Crippen LogP contribution in [0.15, 0.2) is 24.3 Å². The molecule has 0 saturated heterocycles. The SMILES string of the molecule is CCC[C@H](N)C(=O)Nc1ccccc1CN(C)C. The number of hydrogen-bond acceptors (Lipinski definition) is 3. The third-order valence-electron chi connectivity index (χ3n) is 2.70. The number of hydrogen-bond donors (Lipinski definition) is 2. The lowest BCUT2D eigenvalue weighted by Gasteiger charge is -2.16. The van der Waals surface area contributed by atoms with Crippen molar-refractivity contribution in [3.63, 3.8) is 0 Å². The van der Waals surface area contributed by atoms with Gasteiger partial charge >= 0.3 is 0 Å². The molecule has 3 N–H and O–H groups in total. The molecule has 0 saturated carbocycles. The largest absolute Gasteiger partial charge is 0.324 e. The lowest BCUT2D eigenvalue weighted by molar-refractivity contribution is -0.117. The Bertz CT molecular complexity index is 390. The molecule has 0 aromatic heterocycles.